The van der Waals surface area contributed by atoms with Crippen molar-refractivity contribution in [3.05, 3.63) is 59.9 Å². The molecule has 25 heavy (non-hydrogen) atoms. The van der Waals surface area contributed by atoms with E-state index in [2.05, 4.69) is 5.32 Å². The van der Waals surface area contributed by atoms with E-state index in [0.717, 1.165) is 0 Å². The van der Waals surface area contributed by atoms with Crippen LogP contribution in [-0.2, 0) is 9.53 Å². The second-order valence-corrected chi connectivity index (χ2v) is 5.74. The molecule has 1 amide bonds. The zero-order chi connectivity index (χ0) is 18.4. The average Bonchev–Trinajstić information content (AvgIpc) is 2.54. The second kappa shape index (κ2) is 8.28. The van der Waals surface area contributed by atoms with E-state index in [-0.39, 0.29) is 6.10 Å². The van der Waals surface area contributed by atoms with Crippen molar-refractivity contribution in [3.8, 4) is 5.75 Å². The Morgan fingerprint density at radius 2 is 1.72 bits per heavy atom. The van der Waals surface area contributed by atoms with Crippen molar-refractivity contribution in [1.82, 2.24) is 0 Å². The monoisotopic (exact) mass is 345 g/mol. The van der Waals surface area contributed by atoms with Crippen LogP contribution in [0.5, 0.6) is 5.75 Å². The molecule has 0 saturated heterocycles. The number of benzene rings is 2. The summed E-state index contributed by atoms with van der Waals surface area (Å²) in [5.41, 5.74) is 0.601. The summed E-state index contributed by atoms with van der Waals surface area (Å²) >= 11 is 0. The first-order valence-corrected chi connectivity index (χ1v) is 7.89. The van der Waals surface area contributed by atoms with Crippen LogP contribution >= 0.6 is 0 Å². The first-order valence-electron chi connectivity index (χ1n) is 7.89. The van der Waals surface area contributed by atoms with Crippen LogP contribution < -0.4 is 10.1 Å². The van der Waals surface area contributed by atoms with Gasteiger partial charge in [0.1, 0.15) is 11.6 Å². The smallest absolute Gasteiger partial charge is 0.338 e. The van der Waals surface area contributed by atoms with Crippen molar-refractivity contribution < 1.29 is 23.5 Å². The van der Waals surface area contributed by atoms with E-state index < -0.39 is 23.8 Å². The van der Waals surface area contributed by atoms with E-state index in [1.54, 1.807) is 30.3 Å². The quantitative estimate of drug-likeness (QED) is 0.809. The standard InChI is InChI=1S/C19H20FNO4/c1-12(2)24-17-9-7-14(8-10-17)19(23)25-13(3)18(22)21-16-6-4-5-15(20)11-16/h4-13H,1-3H3,(H,21,22)/t13-/m0/s1. The summed E-state index contributed by atoms with van der Waals surface area (Å²) < 4.78 is 23.7. The molecule has 132 valence electrons. The van der Waals surface area contributed by atoms with Gasteiger partial charge in [0.25, 0.3) is 5.91 Å². The topological polar surface area (TPSA) is 64.6 Å². The molecule has 0 radical (unpaired) electrons. The zero-order valence-electron chi connectivity index (χ0n) is 14.3. The highest BCUT2D eigenvalue weighted by molar-refractivity contribution is 5.97. The summed E-state index contributed by atoms with van der Waals surface area (Å²) in [4.78, 5) is 24.1. The number of halogens is 1. The fourth-order valence-electron chi connectivity index (χ4n) is 2.03. The molecule has 0 bridgehead atoms. The largest absolute Gasteiger partial charge is 0.491 e. The Hall–Kier alpha value is -2.89. The van der Waals surface area contributed by atoms with Gasteiger partial charge in [-0.25, -0.2) is 9.18 Å². The number of hydrogen-bond acceptors (Lipinski definition) is 4. The lowest BCUT2D eigenvalue weighted by atomic mass is 10.2. The van der Waals surface area contributed by atoms with Gasteiger partial charge in [0.2, 0.25) is 0 Å². The van der Waals surface area contributed by atoms with Crippen LogP contribution in [0.25, 0.3) is 0 Å². The van der Waals surface area contributed by atoms with Crippen LogP contribution in [0, 0.1) is 5.82 Å². The molecular formula is C19H20FNO4. The molecule has 0 saturated carbocycles. The highest BCUT2D eigenvalue weighted by atomic mass is 19.1. The third-order valence-corrected chi connectivity index (χ3v) is 3.21. The maximum Gasteiger partial charge on any atom is 0.338 e. The van der Waals surface area contributed by atoms with Crippen molar-refractivity contribution >= 4 is 17.6 Å². The number of ether oxygens (including phenoxy) is 2. The molecule has 1 atom stereocenters. The van der Waals surface area contributed by atoms with Crippen molar-refractivity contribution in [2.45, 2.75) is 33.0 Å². The van der Waals surface area contributed by atoms with Gasteiger partial charge in [0.05, 0.1) is 11.7 Å². The lowest BCUT2D eigenvalue weighted by Crippen LogP contribution is -2.30. The first-order chi connectivity index (χ1) is 11.8. The molecule has 0 unspecified atom stereocenters. The minimum absolute atomic E-state index is 0.0318. The number of esters is 1. The maximum atomic E-state index is 13.1. The molecule has 0 aliphatic carbocycles. The maximum absolute atomic E-state index is 13.1. The van der Waals surface area contributed by atoms with Gasteiger partial charge in [-0.05, 0) is 63.2 Å². The van der Waals surface area contributed by atoms with E-state index >= 15 is 0 Å². The van der Waals surface area contributed by atoms with Crippen LogP contribution in [0.15, 0.2) is 48.5 Å². The molecule has 0 spiro atoms. The summed E-state index contributed by atoms with van der Waals surface area (Å²) in [7, 11) is 0. The summed E-state index contributed by atoms with van der Waals surface area (Å²) in [6, 6.07) is 11.9. The number of anilines is 1. The molecule has 2 aromatic carbocycles. The van der Waals surface area contributed by atoms with Gasteiger partial charge in [-0.2, -0.15) is 0 Å². The number of carbonyl (C=O) groups is 2. The Morgan fingerprint density at radius 3 is 2.32 bits per heavy atom. The van der Waals surface area contributed by atoms with Crippen LogP contribution in [0.2, 0.25) is 0 Å². The van der Waals surface area contributed by atoms with E-state index in [1.165, 1.54) is 25.1 Å². The normalized spacial score (nSPS) is 11.7. The van der Waals surface area contributed by atoms with E-state index in [9.17, 15) is 14.0 Å². The van der Waals surface area contributed by atoms with Crippen LogP contribution in [0.1, 0.15) is 31.1 Å². The van der Waals surface area contributed by atoms with Gasteiger partial charge in [-0.15, -0.1) is 0 Å². The Kier molecular flexibility index (Phi) is 6.11. The third kappa shape index (κ3) is 5.60. The second-order valence-electron chi connectivity index (χ2n) is 5.74. The molecule has 0 aliphatic heterocycles. The molecule has 2 aromatic rings. The Morgan fingerprint density at radius 1 is 1.04 bits per heavy atom. The Labute approximate surface area is 145 Å². The lowest BCUT2D eigenvalue weighted by molar-refractivity contribution is -0.123. The molecular weight excluding hydrogens is 325 g/mol. The van der Waals surface area contributed by atoms with Crippen LogP contribution in [0.4, 0.5) is 10.1 Å². The van der Waals surface area contributed by atoms with Gasteiger partial charge in [-0.3, -0.25) is 4.79 Å². The number of carbonyl (C=O) groups excluding carboxylic acids is 2. The fourth-order valence-corrected chi connectivity index (χ4v) is 2.03. The minimum atomic E-state index is -1.03. The van der Waals surface area contributed by atoms with Crippen molar-refractivity contribution in [3.63, 3.8) is 0 Å². The highest BCUT2D eigenvalue weighted by Gasteiger charge is 2.19. The van der Waals surface area contributed by atoms with E-state index in [4.69, 9.17) is 9.47 Å². The van der Waals surface area contributed by atoms with Gasteiger partial charge in [0, 0.05) is 5.69 Å². The number of rotatable bonds is 6. The first kappa shape index (κ1) is 18.4. The predicted molar refractivity (Wildman–Crippen MR) is 92.1 cm³/mol. The molecule has 5 nitrogen and oxygen atoms in total. The van der Waals surface area contributed by atoms with Crippen molar-refractivity contribution in [1.29, 1.82) is 0 Å². The minimum Gasteiger partial charge on any atom is -0.491 e. The summed E-state index contributed by atoms with van der Waals surface area (Å²) in [5, 5.41) is 2.49. The van der Waals surface area contributed by atoms with Crippen LogP contribution in [-0.4, -0.2) is 24.1 Å². The van der Waals surface area contributed by atoms with Gasteiger partial charge in [0.15, 0.2) is 6.10 Å². The zero-order valence-corrected chi connectivity index (χ0v) is 14.3. The van der Waals surface area contributed by atoms with Crippen molar-refractivity contribution in [2.24, 2.45) is 0 Å². The summed E-state index contributed by atoms with van der Waals surface area (Å²) in [5.74, 6) is -0.994. The molecule has 0 aromatic heterocycles. The van der Waals surface area contributed by atoms with Crippen molar-refractivity contribution in [2.75, 3.05) is 5.32 Å². The fraction of sp³-hybridized carbons (Fsp3) is 0.263. The Bertz CT molecular complexity index is 743. The van der Waals surface area contributed by atoms with Gasteiger partial charge >= 0.3 is 5.97 Å². The highest BCUT2D eigenvalue weighted by Crippen LogP contribution is 2.15. The number of nitrogens with one attached hydrogen (secondary N) is 1. The Balaban J connectivity index is 1.93. The molecule has 0 aliphatic rings. The lowest BCUT2D eigenvalue weighted by Gasteiger charge is -2.14. The SMILES string of the molecule is CC(C)Oc1ccc(C(=O)O[C@@H](C)C(=O)Nc2cccc(F)c2)cc1. The molecule has 0 heterocycles. The summed E-state index contributed by atoms with van der Waals surface area (Å²) in [6.07, 6.45) is -0.994. The van der Waals surface area contributed by atoms with Gasteiger partial charge in [-0.1, -0.05) is 6.07 Å². The number of amides is 1. The molecule has 0 fully saturated rings. The predicted octanol–water partition coefficient (Wildman–Crippen LogP) is 3.80. The average molecular weight is 345 g/mol. The third-order valence-electron chi connectivity index (χ3n) is 3.21. The van der Waals surface area contributed by atoms with E-state index in [1.807, 2.05) is 13.8 Å². The van der Waals surface area contributed by atoms with Crippen LogP contribution in [0.3, 0.4) is 0 Å². The van der Waals surface area contributed by atoms with E-state index in [0.29, 0.717) is 17.0 Å². The van der Waals surface area contributed by atoms with Gasteiger partial charge < -0.3 is 14.8 Å². The molecule has 6 heteroatoms. The molecule has 1 N–H and O–H groups in total. The summed E-state index contributed by atoms with van der Waals surface area (Å²) in [6.45, 7) is 5.25. The number of hydrogen-bond donors (Lipinski definition) is 1. The molecule has 2 rings (SSSR count).